The molecule has 1 fully saturated rings. The summed E-state index contributed by atoms with van der Waals surface area (Å²) >= 11 is 6.33. The molecule has 2 N–H and O–H groups in total. The van der Waals surface area contributed by atoms with Gasteiger partial charge in [0.05, 0.1) is 22.6 Å². The topological polar surface area (TPSA) is 56.8 Å². The number of fused-ring (bicyclic) bond motifs is 4. The maximum absolute atomic E-state index is 6.33. The van der Waals surface area contributed by atoms with Crippen molar-refractivity contribution in [1.82, 2.24) is 15.2 Å². The quantitative estimate of drug-likeness (QED) is 0.826. The molecule has 2 aliphatic heterocycles. The molecule has 0 aromatic carbocycles. The first-order valence-electron chi connectivity index (χ1n) is 6.02. The SMILES string of the molecule is Clc1cc2c(nc1-c1cn[nH]c1)NC1CCN2C1. The molecule has 0 radical (unpaired) electrons. The molecule has 0 saturated carbocycles. The van der Waals surface area contributed by atoms with Crippen LogP contribution in [0.25, 0.3) is 11.3 Å². The number of aromatic amines is 1. The van der Waals surface area contributed by atoms with Crippen LogP contribution in [0.1, 0.15) is 6.42 Å². The summed E-state index contributed by atoms with van der Waals surface area (Å²) in [6.07, 6.45) is 4.70. The molecule has 2 aromatic heterocycles. The number of halogens is 1. The first kappa shape index (κ1) is 10.2. The van der Waals surface area contributed by atoms with E-state index in [9.17, 15) is 0 Å². The summed E-state index contributed by atoms with van der Waals surface area (Å²) in [5.41, 5.74) is 2.80. The zero-order valence-electron chi connectivity index (χ0n) is 9.65. The molecule has 1 atom stereocenters. The van der Waals surface area contributed by atoms with Crippen molar-refractivity contribution in [2.24, 2.45) is 0 Å². The van der Waals surface area contributed by atoms with E-state index < -0.39 is 0 Å². The summed E-state index contributed by atoms with van der Waals surface area (Å²) in [4.78, 5) is 6.99. The van der Waals surface area contributed by atoms with Gasteiger partial charge in [-0.25, -0.2) is 4.98 Å². The molecule has 0 aliphatic carbocycles. The second-order valence-electron chi connectivity index (χ2n) is 4.75. The molecule has 1 saturated heterocycles. The summed E-state index contributed by atoms with van der Waals surface area (Å²) in [7, 11) is 0. The maximum atomic E-state index is 6.33. The minimum Gasteiger partial charge on any atom is -0.366 e. The molecular formula is C12H12ClN5. The van der Waals surface area contributed by atoms with E-state index in [2.05, 4.69) is 25.4 Å². The predicted molar refractivity (Wildman–Crippen MR) is 71.1 cm³/mol. The van der Waals surface area contributed by atoms with Crippen LogP contribution in [0.2, 0.25) is 5.02 Å². The Bertz CT molecular complexity index is 595. The van der Waals surface area contributed by atoms with E-state index in [-0.39, 0.29) is 0 Å². The first-order chi connectivity index (χ1) is 8.81. The lowest BCUT2D eigenvalue weighted by atomic mass is 10.2. The van der Waals surface area contributed by atoms with Crippen molar-refractivity contribution in [3.63, 3.8) is 0 Å². The van der Waals surface area contributed by atoms with E-state index in [0.717, 1.165) is 42.3 Å². The second kappa shape index (κ2) is 3.62. The van der Waals surface area contributed by atoms with Crippen molar-refractivity contribution in [3.8, 4) is 11.3 Å². The van der Waals surface area contributed by atoms with Crippen LogP contribution in [0.3, 0.4) is 0 Å². The maximum Gasteiger partial charge on any atom is 0.150 e. The first-order valence-corrected chi connectivity index (χ1v) is 6.40. The van der Waals surface area contributed by atoms with Gasteiger partial charge >= 0.3 is 0 Å². The third-order valence-electron chi connectivity index (χ3n) is 3.60. The Hall–Kier alpha value is -1.75. The van der Waals surface area contributed by atoms with Crippen molar-refractivity contribution >= 4 is 23.1 Å². The monoisotopic (exact) mass is 261 g/mol. The predicted octanol–water partition coefficient (Wildman–Crippen LogP) is 2.13. The van der Waals surface area contributed by atoms with Gasteiger partial charge in [-0.15, -0.1) is 0 Å². The molecule has 92 valence electrons. The van der Waals surface area contributed by atoms with Gasteiger partial charge in [-0.3, -0.25) is 5.10 Å². The summed E-state index contributed by atoms with van der Waals surface area (Å²) in [5, 5.41) is 10.9. The highest BCUT2D eigenvalue weighted by atomic mass is 35.5. The van der Waals surface area contributed by atoms with Crippen molar-refractivity contribution in [3.05, 3.63) is 23.5 Å². The lowest BCUT2D eigenvalue weighted by Crippen LogP contribution is -2.32. The summed E-state index contributed by atoms with van der Waals surface area (Å²) < 4.78 is 0. The van der Waals surface area contributed by atoms with Gasteiger partial charge in [0.25, 0.3) is 0 Å². The third-order valence-corrected chi connectivity index (χ3v) is 3.89. The van der Waals surface area contributed by atoms with Gasteiger partial charge in [0, 0.05) is 30.9 Å². The molecule has 2 bridgehead atoms. The van der Waals surface area contributed by atoms with Crippen LogP contribution in [0, 0.1) is 0 Å². The van der Waals surface area contributed by atoms with Crippen molar-refractivity contribution in [2.45, 2.75) is 12.5 Å². The van der Waals surface area contributed by atoms with E-state index in [1.54, 1.807) is 12.4 Å². The molecular weight excluding hydrogens is 250 g/mol. The van der Waals surface area contributed by atoms with Gasteiger partial charge in [0.2, 0.25) is 0 Å². The Morgan fingerprint density at radius 1 is 1.44 bits per heavy atom. The zero-order chi connectivity index (χ0) is 12.1. The summed E-state index contributed by atoms with van der Waals surface area (Å²) in [6.45, 7) is 2.13. The van der Waals surface area contributed by atoms with E-state index in [1.807, 2.05) is 6.07 Å². The fourth-order valence-corrected chi connectivity index (χ4v) is 2.95. The number of rotatable bonds is 1. The lowest BCUT2D eigenvalue weighted by molar-refractivity contribution is 0.788. The Balaban J connectivity index is 1.86. The van der Waals surface area contributed by atoms with Crippen molar-refractivity contribution < 1.29 is 0 Å². The number of nitrogens with one attached hydrogen (secondary N) is 2. The molecule has 18 heavy (non-hydrogen) atoms. The van der Waals surface area contributed by atoms with Gasteiger partial charge in [0.1, 0.15) is 0 Å². The fourth-order valence-electron chi connectivity index (χ4n) is 2.70. The summed E-state index contributed by atoms with van der Waals surface area (Å²) in [6, 6.07) is 2.52. The number of anilines is 2. The van der Waals surface area contributed by atoms with Crippen LogP contribution >= 0.6 is 11.6 Å². The van der Waals surface area contributed by atoms with Gasteiger partial charge in [-0.05, 0) is 12.5 Å². The molecule has 2 aliphatic rings. The average molecular weight is 262 g/mol. The lowest BCUT2D eigenvalue weighted by Gasteiger charge is -2.28. The van der Waals surface area contributed by atoms with Crippen molar-refractivity contribution in [1.29, 1.82) is 0 Å². The van der Waals surface area contributed by atoms with E-state index in [1.165, 1.54) is 0 Å². The van der Waals surface area contributed by atoms with Crippen LogP contribution in [-0.2, 0) is 0 Å². The van der Waals surface area contributed by atoms with Gasteiger partial charge < -0.3 is 10.2 Å². The van der Waals surface area contributed by atoms with Crippen LogP contribution in [0.15, 0.2) is 18.5 Å². The zero-order valence-corrected chi connectivity index (χ0v) is 10.4. The highest BCUT2D eigenvalue weighted by molar-refractivity contribution is 6.33. The number of pyridine rings is 1. The number of H-pyrrole nitrogens is 1. The van der Waals surface area contributed by atoms with Gasteiger partial charge in [-0.2, -0.15) is 5.10 Å². The number of aromatic nitrogens is 3. The molecule has 2 aromatic rings. The molecule has 0 amide bonds. The van der Waals surface area contributed by atoms with Crippen molar-refractivity contribution in [2.75, 3.05) is 23.3 Å². The standard InChI is InChI=1S/C12H12ClN5/c13-9-3-10-12(16-8-1-2-18(10)6-8)17-11(9)7-4-14-15-5-7/h3-5,8H,1-2,6H2,(H,14,15)(H,16,17). The average Bonchev–Trinajstić information content (AvgIpc) is 3.00. The third kappa shape index (κ3) is 1.40. The molecule has 1 unspecified atom stereocenters. The van der Waals surface area contributed by atoms with Gasteiger partial charge in [-0.1, -0.05) is 11.6 Å². The van der Waals surface area contributed by atoms with E-state index >= 15 is 0 Å². The Kier molecular flexibility index (Phi) is 2.05. The number of hydrogen-bond donors (Lipinski definition) is 2. The van der Waals surface area contributed by atoms with Crippen LogP contribution in [-0.4, -0.2) is 34.3 Å². The molecule has 4 rings (SSSR count). The Labute approximate surface area is 109 Å². The molecule has 4 heterocycles. The Morgan fingerprint density at radius 2 is 2.39 bits per heavy atom. The molecule has 5 nitrogen and oxygen atoms in total. The second-order valence-corrected chi connectivity index (χ2v) is 5.16. The molecule has 0 spiro atoms. The normalized spacial score (nSPS) is 20.7. The minimum atomic E-state index is 0.517. The smallest absolute Gasteiger partial charge is 0.150 e. The van der Waals surface area contributed by atoms with Crippen LogP contribution in [0.5, 0.6) is 0 Å². The highest BCUT2D eigenvalue weighted by Gasteiger charge is 2.31. The van der Waals surface area contributed by atoms with Gasteiger partial charge in [0.15, 0.2) is 5.82 Å². The molecule has 6 heteroatoms. The largest absolute Gasteiger partial charge is 0.366 e. The number of hydrogen-bond acceptors (Lipinski definition) is 4. The minimum absolute atomic E-state index is 0.517. The highest BCUT2D eigenvalue weighted by Crippen LogP contribution is 2.39. The van der Waals surface area contributed by atoms with Crippen LogP contribution in [0.4, 0.5) is 11.5 Å². The fraction of sp³-hybridized carbons (Fsp3) is 0.333. The Morgan fingerprint density at radius 3 is 3.22 bits per heavy atom. The van der Waals surface area contributed by atoms with E-state index in [4.69, 9.17) is 11.6 Å². The summed E-state index contributed by atoms with van der Waals surface area (Å²) in [5.74, 6) is 0.935. The number of nitrogens with zero attached hydrogens (tertiary/aromatic N) is 3. The van der Waals surface area contributed by atoms with E-state index in [0.29, 0.717) is 11.1 Å². The van der Waals surface area contributed by atoms with Crippen LogP contribution < -0.4 is 10.2 Å².